The van der Waals surface area contributed by atoms with Gasteiger partial charge in [-0.05, 0) is 38.1 Å². The molecule has 0 bridgehead atoms. The zero-order valence-electron chi connectivity index (χ0n) is 16.7. The summed E-state index contributed by atoms with van der Waals surface area (Å²) >= 11 is 12.6. The molecule has 1 aliphatic rings. The molecule has 0 aliphatic carbocycles. The van der Waals surface area contributed by atoms with Gasteiger partial charge in [0.2, 0.25) is 0 Å². The van der Waals surface area contributed by atoms with Crippen molar-refractivity contribution in [1.82, 2.24) is 10.1 Å². The number of benzene rings is 2. The van der Waals surface area contributed by atoms with Crippen molar-refractivity contribution >= 4 is 63.5 Å². The molecule has 2 N–H and O–H groups in total. The van der Waals surface area contributed by atoms with Gasteiger partial charge in [0.25, 0.3) is 5.69 Å². The van der Waals surface area contributed by atoms with Crippen LogP contribution in [0.1, 0.15) is 19.4 Å². The van der Waals surface area contributed by atoms with Crippen molar-refractivity contribution < 1.29 is 19.3 Å². The lowest BCUT2D eigenvalue weighted by molar-refractivity contribution is -0.384. The van der Waals surface area contributed by atoms with Gasteiger partial charge in [-0.25, -0.2) is 14.2 Å². The van der Waals surface area contributed by atoms with E-state index in [1.54, 1.807) is 13.8 Å². The maximum Gasteiger partial charge on any atom is 0.347 e. The number of nitrogens with one attached hydrogen (secondary N) is 1. The molecule has 0 unspecified atom stereocenters. The van der Waals surface area contributed by atoms with Gasteiger partial charge in [0.1, 0.15) is 5.82 Å². The van der Waals surface area contributed by atoms with Crippen LogP contribution in [0.5, 0.6) is 0 Å². The number of hydrazone groups is 1. The molecule has 0 saturated carbocycles. The molecule has 2 amide bonds. The predicted octanol–water partition coefficient (Wildman–Crippen LogP) is 5.08. The number of anilines is 1. The van der Waals surface area contributed by atoms with E-state index in [4.69, 9.17) is 23.8 Å². The average molecular weight is 498 g/mol. The Morgan fingerprint density at radius 3 is 2.66 bits per heavy atom. The van der Waals surface area contributed by atoms with E-state index in [1.165, 1.54) is 65.4 Å². The number of amides is 2. The molecule has 2 aromatic carbocycles. The molecule has 0 aromatic heterocycles. The minimum atomic E-state index is -1.04. The normalized spacial score (nSPS) is 17.6. The van der Waals surface area contributed by atoms with Crippen LogP contribution in [0.25, 0.3) is 0 Å². The second kappa shape index (κ2) is 9.36. The molecule has 13 heteroatoms. The Hall–Kier alpha value is -2.80. The van der Waals surface area contributed by atoms with E-state index in [0.717, 1.165) is 0 Å². The number of nitrogens with zero attached hydrogens (tertiary/aromatic N) is 4. The Morgan fingerprint density at radius 1 is 1.41 bits per heavy atom. The lowest BCUT2D eigenvalue weighted by Gasteiger charge is -2.34. The van der Waals surface area contributed by atoms with Crippen LogP contribution in [0.15, 0.2) is 47.6 Å². The number of thiocarbonyl (C=S) groups is 1. The molecule has 1 aliphatic heterocycles. The topological polar surface area (TPSA) is 111 Å². The number of hydrogen-bond acceptors (Lipinski definition) is 7. The lowest BCUT2D eigenvalue weighted by Crippen LogP contribution is -2.54. The Balaban J connectivity index is 1.83. The third-order valence-corrected chi connectivity index (χ3v) is 6.34. The summed E-state index contributed by atoms with van der Waals surface area (Å²) < 4.78 is 13.6. The fourth-order valence-electron chi connectivity index (χ4n) is 2.94. The van der Waals surface area contributed by atoms with Crippen molar-refractivity contribution in [2.45, 2.75) is 24.8 Å². The standard InChI is InChI=1S/C19H17ClFN5O4S2/c1-19(2)16(25(28)17(27)23-11-6-8-12(9-7-11)26(29)30)24(18(31)32-19)22-10-13-14(20)4-3-5-15(13)21/h3-10,16,28H,1-2H3,(H,23,27)/b22-10-/t16-/m1/s1. The largest absolute Gasteiger partial charge is 0.347 e. The molecule has 3 rings (SSSR count). The SMILES string of the molecule is CC1(C)SC(=S)N(/N=C\c2c(F)cccc2Cl)[C@@H]1N(O)C(=O)Nc1ccc([N+](=O)[O-])cc1. The summed E-state index contributed by atoms with van der Waals surface area (Å²) in [5.74, 6) is -0.591. The Bertz CT molecular complexity index is 1080. The number of thioether (sulfide) groups is 1. The van der Waals surface area contributed by atoms with E-state index in [2.05, 4.69) is 10.4 Å². The molecule has 0 radical (unpaired) electrons. The minimum Gasteiger partial charge on any atom is -0.306 e. The maximum atomic E-state index is 14.1. The van der Waals surface area contributed by atoms with E-state index >= 15 is 0 Å². The van der Waals surface area contributed by atoms with Gasteiger partial charge in [0.05, 0.1) is 20.9 Å². The fourth-order valence-corrected chi connectivity index (χ4v) is 4.94. The highest BCUT2D eigenvalue weighted by molar-refractivity contribution is 8.24. The molecule has 168 valence electrons. The second-order valence-corrected chi connectivity index (χ2v) is 9.84. The number of urea groups is 1. The first kappa shape index (κ1) is 23.9. The maximum absolute atomic E-state index is 14.1. The summed E-state index contributed by atoms with van der Waals surface area (Å²) in [6.45, 7) is 3.51. The van der Waals surface area contributed by atoms with Crippen molar-refractivity contribution in [3.63, 3.8) is 0 Å². The second-order valence-electron chi connectivity index (χ2n) is 7.15. The van der Waals surface area contributed by atoms with Gasteiger partial charge in [-0.1, -0.05) is 41.6 Å². The smallest absolute Gasteiger partial charge is 0.306 e. The van der Waals surface area contributed by atoms with Gasteiger partial charge in [-0.2, -0.15) is 10.2 Å². The molecular weight excluding hydrogens is 481 g/mol. The number of non-ortho nitro benzene ring substituents is 1. The number of nitro benzene ring substituents is 1. The van der Waals surface area contributed by atoms with Crippen LogP contribution < -0.4 is 5.32 Å². The number of halogens is 2. The number of carbonyl (C=O) groups is 1. The first-order chi connectivity index (χ1) is 15.0. The summed E-state index contributed by atoms with van der Waals surface area (Å²) in [4.78, 5) is 22.9. The number of hydrogen-bond donors (Lipinski definition) is 2. The Morgan fingerprint density at radius 2 is 2.06 bits per heavy atom. The van der Waals surface area contributed by atoms with Gasteiger partial charge in [0.15, 0.2) is 10.5 Å². The van der Waals surface area contributed by atoms with Crippen LogP contribution in [-0.2, 0) is 0 Å². The highest BCUT2D eigenvalue weighted by Crippen LogP contribution is 2.42. The van der Waals surface area contributed by atoms with Crippen LogP contribution in [0, 0.1) is 15.9 Å². The van der Waals surface area contributed by atoms with E-state index < -0.39 is 27.7 Å². The van der Waals surface area contributed by atoms with E-state index in [-0.39, 0.29) is 26.3 Å². The van der Waals surface area contributed by atoms with Crippen LogP contribution in [-0.4, -0.2) is 47.7 Å². The average Bonchev–Trinajstić information content (AvgIpc) is 2.95. The first-order valence-electron chi connectivity index (χ1n) is 9.05. The van der Waals surface area contributed by atoms with Gasteiger partial charge < -0.3 is 5.32 Å². The molecule has 0 spiro atoms. The van der Waals surface area contributed by atoms with Crippen molar-refractivity contribution in [3.05, 3.63) is 69.0 Å². The minimum absolute atomic E-state index is 0.0326. The quantitative estimate of drug-likeness (QED) is 0.195. The predicted molar refractivity (Wildman–Crippen MR) is 125 cm³/mol. The van der Waals surface area contributed by atoms with Gasteiger partial charge in [-0.3, -0.25) is 15.3 Å². The monoisotopic (exact) mass is 497 g/mol. The van der Waals surface area contributed by atoms with E-state index in [0.29, 0.717) is 5.06 Å². The van der Waals surface area contributed by atoms with Gasteiger partial charge >= 0.3 is 6.03 Å². The molecule has 1 atom stereocenters. The van der Waals surface area contributed by atoms with Crippen molar-refractivity contribution in [2.75, 3.05) is 5.32 Å². The van der Waals surface area contributed by atoms with Crippen LogP contribution in [0.3, 0.4) is 0 Å². The van der Waals surface area contributed by atoms with Gasteiger partial charge in [0, 0.05) is 23.4 Å². The molecule has 1 saturated heterocycles. The molecule has 32 heavy (non-hydrogen) atoms. The first-order valence-corrected chi connectivity index (χ1v) is 10.7. The molecule has 2 aromatic rings. The van der Waals surface area contributed by atoms with Crippen molar-refractivity contribution in [1.29, 1.82) is 0 Å². The zero-order valence-corrected chi connectivity index (χ0v) is 19.1. The van der Waals surface area contributed by atoms with Crippen molar-refractivity contribution in [3.8, 4) is 0 Å². The highest BCUT2D eigenvalue weighted by Gasteiger charge is 2.50. The lowest BCUT2D eigenvalue weighted by atomic mass is 10.1. The van der Waals surface area contributed by atoms with Gasteiger partial charge in [-0.15, -0.1) is 0 Å². The summed E-state index contributed by atoms with van der Waals surface area (Å²) in [5.41, 5.74) is 0.124. The third kappa shape index (κ3) is 4.99. The Labute approximate surface area is 196 Å². The number of rotatable bonds is 5. The summed E-state index contributed by atoms with van der Waals surface area (Å²) in [7, 11) is 0. The third-order valence-electron chi connectivity index (χ3n) is 4.47. The Kier molecular flexibility index (Phi) is 6.98. The number of carbonyl (C=O) groups excluding carboxylic acids is 1. The van der Waals surface area contributed by atoms with E-state index in [9.17, 15) is 24.5 Å². The van der Waals surface area contributed by atoms with Crippen LogP contribution >= 0.6 is 35.6 Å². The molecular formula is C19H17ClFN5O4S2. The number of hydroxylamine groups is 2. The highest BCUT2D eigenvalue weighted by atomic mass is 35.5. The van der Waals surface area contributed by atoms with Crippen LogP contribution in [0.4, 0.5) is 20.6 Å². The molecule has 1 fully saturated rings. The molecule has 9 nitrogen and oxygen atoms in total. The zero-order chi connectivity index (χ0) is 23.6. The fraction of sp³-hybridized carbons (Fsp3) is 0.211. The summed E-state index contributed by atoms with van der Waals surface area (Å²) in [6, 6.07) is 8.37. The number of nitro groups is 1. The van der Waals surface area contributed by atoms with Crippen molar-refractivity contribution in [2.24, 2.45) is 5.10 Å². The van der Waals surface area contributed by atoms with E-state index in [1.807, 2.05) is 0 Å². The summed E-state index contributed by atoms with van der Waals surface area (Å²) in [5, 5.41) is 29.9. The summed E-state index contributed by atoms with van der Waals surface area (Å²) in [6.07, 6.45) is 0.126. The molecule has 1 heterocycles. The van der Waals surface area contributed by atoms with Crippen LogP contribution in [0.2, 0.25) is 5.02 Å².